The van der Waals surface area contributed by atoms with Crippen molar-refractivity contribution in [3.05, 3.63) is 29.8 Å². The van der Waals surface area contributed by atoms with E-state index in [2.05, 4.69) is 21.3 Å². The summed E-state index contributed by atoms with van der Waals surface area (Å²) in [6.07, 6.45) is 3.92. The summed E-state index contributed by atoms with van der Waals surface area (Å²) in [5.41, 5.74) is -0.895. The highest BCUT2D eigenvalue weighted by molar-refractivity contribution is 5.95. The van der Waals surface area contributed by atoms with Gasteiger partial charge in [-0.3, -0.25) is 14.4 Å². The minimum Gasteiger partial charge on any atom is -0.484 e. The number of unbranched alkanes of at least 4 members (excludes halogenated alkanes) is 1. The van der Waals surface area contributed by atoms with Crippen LogP contribution in [0.1, 0.15) is 72.3 Å². The number of carbonyl (C=O) groups excluding carboxylic acids is 4. The fraction of sp³-hybridized carbons (Fsp3) is 0.621. The summed E-state index contributed by atoms with van der Waals surface area (Å²) in [5, 5.41) is 33.6. The van der Waals surface area contributed by atoms with E-state index in [0.29, 0.717) is 43.4 Å². The number of amidine groups is 1. The number of ether oxygens (including phenoxy) is 1. The summed E-state index contributed by atoms with van der Waals surface area (Å²) < 4.78 is 6.61. The van der Waals surface area contributed by atoms with Crippen molar-refractivity contribution in [1.82, 2.24) is 26.3 Å². The van der Waals surface area contributed by atoms with E-state index in [1.165, 1.54) is 0 Å². The predicted octanol–water partition coefficient (Wildman–Crippen LogP) is 0.703. The van der Waals surface area contributed by atoms with Crippen molar-refractivity contribution in [3.63, 3.8) is 0 Å². The van der Waals surface area contributed by atoms with Gasteiger partial charge in [-0.15, -0.1) is 5.06 Å². The van der Waals surface area contributed by atoms with Crippen LogP contribution >= 0.6 is 0 Å². The molecule has 3 atom stereocenters. The van der Waals surface area contributed by atoms with E-state index in [1.807, 2.05) is 27.7 Å². The molecule has 0 unspecified atom stereocenters. The topological polar surface area (TPSA) is 172 Å². The van der Waals surface area contributed by atoms with Crippen molar-refractivity contribution in [2.75, 3.05) is 19.7 Å². The Kier molecular flexibility index (Phi) is 10.9. The van der Waals surface area contributed by atoms with Gasteiger partial charge in [-0.2, -0.15) is 0 Å². The Bertz CT molecular complexity index is 1160. The fourth-order valence-electron chi connectivity index (χ4n) is 4.77. The van der Waals surface area contributed by atoms with E-state index >= 15 is 0 Å². The number of rotatable bonds is 14. The van der Waals surface area contributed by atoms with Crippen LogP contribution in [0.15, 0.2) is 24.3 Å². The van der Waals surface area contributed by atoms with Gasteiger partial charge in [0.15, 0.2) is 17.7 Å². The van der Waals surface area contributed by atoms with Crippen molar-refractivity contribution in [3.8, 4) is 5.75 Å². The third kappa shape index (κ3) is 7.57. The predicted molar refractivity (Wildman–Crippen MR) is 153 cm³/mol. The van der Waals surface area contributed by atoms with Gasteiger partial charge in [0, 0.05) is 6.54 Å². The van der Waals surface area contributed by atoms with Gasteiger partial charge in [0.25, 0.3) is 5.91 Å². The molecule has 3 rings (SSSR count). The van der Waals surface area contributed by atoms with Crippen LogP contribution in [-0.4, -0.2) is 99.0 Å². The molecule has 0 aliphatic carbocycles. The maximum Gasteiger partial charge on any atom is 0.349 e. The molecule has 13 heteroatoms. The van der Waals surface area contributed by atoms with Gasteiger partial charge in [-0.25, -0.2) is 5.21 Å². The second kappa shape index (κ2) is 14.0. The number of hydroxylamine groups is 3. The van der Waals surface area contributed by atoms with Gasteiger partial charge in [-0.05, 0) is 97.5 Å². The highest BCUT2D eigenvalue weighted by Crippen LogP contribution is 2.36. The molecular weight excluding hydrogens is 544 g/mol. The summed E-state index contributed by atoms with van der Waals surface area (Å²) in [6.45, 7) is 9.87. The van der Waals surface area contributed by atoms with Gasteiger partial charge in [-0.1, -0.05) is 4.74 Å². The third-order valence-electron chi connectivity index (χ3n) is 8.32. The standard InChI is InChI=1S/C29H44N6O7/c1-19(32-26(39)23-10-8-16-30-23)25(38)33-21(17-36)9-6-7-15-31-24(37)18-42-22-13-11-20(12-14-22)27-34(40)28(2,3)29(4,5)35(27)41/h11-14,17,19,21,23,30H,6-10,15-16,18H2,1-5H3,(H4-,31,32,33,37,38,39,40,41)/p+1/t19-,21+,23-/m0/s1. The SMILES string of the molecule is C[C@H](NC(=O)[C@@H]1CCCN1)C(=O)N[C@@H](C=O)CCCCNC(=O)COc1ccc(C2=[N+](O)C(C)(C)C(C)(C)N2O)cc1. The van der Waals surface area contributed by atoms with E-state index < -0.39 is 29.1 Å². The molecule has 0 aromatic heterocycles. The molecule has 1 aromatic carbocycles. The number of aldehydes is 1. The molecular formula is C29H45N6O7+. The lowest BCUT2D eigenvalue weighted by molar-refractivity contribution is -0.820. The second-order valence-corrected chi connectivity index (χ2v) is 11.9. The lowest BCUT2D eigenvalue weighted by atomic mass is 9.84. The Morgan fingerprint density at radius 1 is 1.17 bits per heavy atom. The molecule has 6 N–H and O–H groups in total. The molecule has 1 fully saturated rings. The largest absolute Gasteiger partial charge is 0.484 e. The molecule has 2 aliphatic heterocycles. The quantitative estimate of drug-likeness (QED) is 0.0791. The number of hydrogen-bond acceptors (Lipinski definition) is 9. The van der Waals surface area contributed by atoms with E-state index in [9.17, 15) is 29.6 Å². The van der Waals surface area contributed by atoms with Gasteiger partial charge in [0.05, 0.1) is 17.6 Å². The Morgan fingerprint density at radius 3 is 2.43 bits per heavy atom. The van der Waals surface area contributed by atoms with Crippen molar-refractivity contribution in [2.24, 2.45) is 0 Å². The molecule has 2 aliphatic rings. The summed E-state index contributed by atoms with van der Waals surface area (Å²) in [5.74, 6) is -0.244. The van der Waals surface area contributed by atoms with Gasteiger partial charge >= 0.3 is 5.84 Å². The first kappa shape index (κ1) is 32.8. The van der Waals surface area contributed by atoms with E-state index in [1.54, 1.807) is 31.2 Å². The lowest BCUT2D eigenvalue weighted by Gasteiger charge is -2.29. The zero-order chi connectivity index (χ0) is 31.1. The minimum atomic E-state index is -0.757. The molecule has 1 aromatic rings. The molecule has 0 radical (unpaired) electrons. The average Bonchev–Trinajstić information content (AvgIpc) is 3.54. The molecule has 0 spiro atoms. The van der Waals surface area contributed by atoms with Crippen LogP contribution in [0, 0.1) is 0 Å². The van der Waals surface area contributed by atoms with Crippen LogP contribution in [0.2, 0.25) is 0 Å². The molecule has 0 saturated carbocycles. The number of benzene rings is 1. The highest BCUT2D eigenvalue weighted by Gasteiger charge is 2.62. The monoisotopic (exact) mass is 589 g/mol. The van der Waals surface area contributed by atoms with Gasteiger partial charge < -0.3 is 36.0 Å². The van der Waals surface area contributed by atoms with Crippen molar-refractivity contribution >= 4 is 29.8 Å². The second-order valence-electron chi connectivity index (χ2n) is 11.9. The molecule has 42 heavy (non-hydrogen) atoms. The molecule has 2 heterocycles. The third-order valence-corrected chi connectivity index (χ3v) is 8.32. The highest BCUT2D eigenvalue weighted by atomic mass is 16.5. The van der Waals surface area contributed by atoms with Gasteiger partial charge in [0.1, 0.15) is 18.1 Å². The molecule has 232 valence electrons. The van der Waals surface area contributed by atoms with E-state index in [4.69, 9.17) is 4.74 Å². The number of nitrogens with one attached hydrogen (secondary N) is 4. The fourth-order valence-corrected chi connectivity index (χ4v) is 4.77. The van der Waals surface area contributed by atoms with Crippen LogP contribution in [0.3, 0.4) is 0 Å². The first-order valence-electron chi connectivity index (χ1n) is 14.4. The number of carbonyl (C=O) groups is 4. The molecule has 0 bridgehead atoms. The van der Waals surface area contributed by atoms with E-state index in [-0.39, 0.29) is 30.3 Å². The van der Waals surface area contributed by atoms with Crippen LogP contribution in [0.4, 0.5) is 0 Å². The average molecular weight is 590 g/mol. The summed E-state index contributed by atoms with van der Waals surface area (Å²) in [7, 11) is 0. The minimum absolute atomic E-state index is 0.193. The normalized spacial score (nSPS) is 20.5. The molecule has 1 saturated heterocycles. The number of hydrogen-bond donors (Lipinski definition) is 6. The maximum atomic E-state index is 12.4. The molecule has 3 amide bonds. The lowest BCUT2D eigenvalue weighted by Crippen LogP contribution is -2.54. The van der Waals surface area contributed by atoms with Crippen LogP contribution in [0.5, 0.6) is 5.75 Å². The van der Waals surface area contributed by atoms with Crippen molar-refractivity contribution in [1.29, 1.82) is 0 Å². The zero-order valence-electron chi connectivity index (χ0n) is 25.1. The summed E-state index contributed by atoms with van der Waals surface area (Å²) >= 11 is 0. The Morgan fingerprint density at radius 2 is 1.86 bits per heavy atom. The Balaban J connectivity index is 1.34. The molecule has 13 nitrogen and oxygen atoms in total. The van der Waals surface area contributed by atoms with Crippen LogP contribution < -0.4 is 26.0 Å². The van der Waals surface area contributed by atoms with Crippen LogP contribution in [-0.2, 0) is 19.2 Å². The first-order valence-corrected chi connectivity index (χ1v) is 14.4. The Labute approximate surface area is 246 Å². The summed E-state index contributed by atoms with van der Waals surface area (Å²) in [4.78, 5) is 48.2. The van der Waals surface area contributed by atoms with Crippen molar-refractivity contribution < 1.29 is 39.1 Å². The Hall–Kier alpha value is -3.71. The van der Waals surface area contributed by atoms with E-state index in [0.717, 1.165) is 29.2 Å². The number of nitrogens with zero attached hydrogens (tertiary/aromatic N) is 2. The maximum absolute atomic E-state index is 12.4. The van der Waals surface area contributed by atoms with Crippen LogP contribution in [0.25, 0.3) is 0 Å². The van der Waals surface area contributed by atoms with Crippen molar-refractivity contribution in [2.45, 2.75) is 95.9 Å². The smallest absolute Gasteiger partial charge is 0.349 e. The first-order chi connectivity index (χ1) is 19.8. The summed E-state index contributed by atoms with van der Waals surface area (Å²) in [6, 6.07) is 4.97. The van der Waals surface area contributed by atoms with Gasteiger partial charge in [0.2, 0.25) is 11.8 Å². The number of amides is 3. The zero-order valence-corrected chi connectivity index (χ0v) is 25.1.